The third-order valence-corrected chi connectivity index (χ3v) is 7.07. The number of hydrogen-bond acceptors (Lipinski definition) is 6. The molecule has 0 amide bonds. The number of benzene rings is 3. The Labute approximate surface area is 219 Å². The predicted octanol–water partition coefficient (Wildman–Crippen LogP) is 4.71. The summed E-state index contributed by atoms with van der Waals surface area (Å²) in [6.07, 6.45) is 4.45. The van der Waals surface area contributed by atoms with Crippen LogP contribution in [0.3, 0.4) is 0 Å². The Morgan fingerprint density at radius 1 is 0.865 bits per heavy atom. The number of ether oxygens (including phenoxy) is 1. The first-order valence-corrected chi connectivity index (χ1v) is 12.8. The molecule has 1 aromatic heterocycles. The summed E-state index contributed by atoms with van der Waals surface area (Å²) in [6.45, 7) is 8.89. The zero-order chi connectivity index (χ0) is 25.6. The fraction of sp³-hybridized carbons (Fsp3) is 0.300. The molecule has 0 unspecified atom stereocenters. The highest BCUT2D eigenvalue weighted by molar-refractivity contribution is 5.49. The number of aryl methyl sites for hydroxylation is 2. The lowest BCUT2D eigenvalue weighted by Gasteiger charge is -2.39. The van der Waals surface area contributed by atoms with Gasteiger partial charge in [0.1, 0.15) is 11.8 Å². The van der Waals surface area contributed by atoms with E-state index in [4.69, 9.17) is 4.74 Å². The minimum Gasteiger partial charge on any atom is -0.496 e. The molecule has 1 saturated heterocycles. The van der Waals surface area contributed by atoms with E-state index in [0.717, 1.165) is 66.7 Å². The van der Waals surface area contributed by atoms with Crippen molar-refractivity contribution < 1.29 is 4.74 Å². The number of methoxy groups -OCH3 is 1. The molecule has 3 aromatic carbocycles. The van der Waals surface area contributed by atoms with Crippen molar-refractivity contribution in [3.8, 4) is 11.4 Å². The van der Waals surface area contributed by atoms with Gasteiger partial charge >= 0.3 is 0 Å². The number of tetrazole rings is 1. The molecule has 7 nitrogen and oxygen atoms in total. The molecule has 0 N–H and O–H groups in total. The second kappa shape index (κ2) is 11.5. The van der Waals surface area contributed by atoms with Crippen molar-refractivity contribution in [2.24, 2.45) is 0 Å². The van der Waals surface area contributed by atoms with E-state index in [1.54, 1.807) is 7.11 Å². The van der Waals surface area contributed by atoms with Crippen molar-refractivity contribution in [2.45, 2.75) is 19.9 Å². The van der Waals surface area contributed by atoms with Gasteiger partial charge in [-0.1, -0.05) is 78.9 Å². The van der Waals surface area contributed by atoms with Crippen molar-refractivity contribution in [1.82, 2.24) is 30.0 Å². The summed E-state index contributed by atoms with van der Waals surface area (Å²) in [5, 5.41) is 13.2. The summed E-state index contributed by atoms with van der Waals surface area (Å²) in [7, 11) is 1.72. The fourth-order valence-electron chi connectivity index (χ4n) is 5.16. The number of aromatic nitrogens is 4. The third-order valence-electron chi connectivity index (χ3n) is 7.07. The molecule has 0 radical (unpaired) electrons. The largest absolute Gasteiger partial charge is 0.496 e. The number of hydrogen-bond donors (Lipinski definition) is 0. The van der Waals surface area contributed by atoms with Crippen molar-refractivity contribution in [3.05, 3.63) is 107 Å². The highest BCUT2D eigenvalue weighted by Crippen LogP contribution is 2.35. The minimum atomic E-state index is -0.132. The van der Waals surface area contributed by atoms with Crippen molar-refractivity contribution in [3.63, 3.8) is 0 Å². The molecular formula is C30H34N6O. The normalized spacial score (nSPS) is 15.8. The van der Waals surface area contributed by atoms with Crippen LogP contribution >= 0.6 is 0 Å². The van der Waals surface area contributed by atoms with Crippen LogP contribution in [0.15, 0.2) is 78.9 Å². The molecule has 2 heterocycles. The SMILES string of the molecule is COc1ccccc1[C@@H](c1nnnn1-c1c(C)cccc1C)N1CCN(CC=Cc2ccccc2)CC1. The number of para-hydroxylation sites is 2. The van der Waals surface area contributed by atoms with Crippen LogP contribution in [0, 0.1) is 13.8 Å². The van der Waals surface area contributed by atoms with Crippen LogP contribution in [0.2, 0.25) is 0 Å². The van der Waals surface area contributed by atoms with Crippen molar-refractivity contribution in [1.29, 1.82) is 0 Å². The van der Waals surface area contributed by atoms with Gasteiger partial charge in [0, 0.05) is 38.3 Å². The Kier molecular flexibility index (Phi) is 7.73. The third kappa shape index (κ3) is 5.48. The Bertz CT molecular complexity index is 1320. The van der Waals surface area contributed by atoms with Gasteiger partial charge in [-0.05, 0) is 47.0 Å². The highest BCUT2D eigenvalue weighted by atomic mass is 16.5. The van der Waals surface area contributed by atoms with Gasteiger partial charge in [-0.25, -0.2) is 0 Å². The van der Waals surface area contributed by atoms with Crippen molar-refractivity contribution in [2.75, 3.05) is 39.8 Å². The number of nitrogens with zero attached hydrogens (tertiary/aromatic N) is 6. The maximum Gasteiger partial charge on any atom is 0.178 e. The van der Waals surface area contributed by atoms with Crippen LogP contribution in [0.25, 0.3) is 11.8 Å². The summed E-state index contributed by atoms with van der Waals surface area (Å²) >= 11 is 0. The average molecular weight is 495 g/mol. The second-order valence-electron chi connectivity index (χ2n) is 9.48. The number of rotatable bonds is 8. The topological polar surface area (TPSA) is 59.3 Å². The highest BCUT2D eigenvalue weighted by Gasteiger charge is 2.33. The lowest BCUT2D eigenvalue weighted by atomic mass is 10.0. The Morgan fingerprint density at radius 3 is 2.30 bits per heavy atom. The van der Waals surface area contributed by atoms with E-state index >= 15 is 0 Å². The van der Waals surface area contributed by atoms with Gasteiger partial charge in [0.05, 0.1) is 12.8 Å². The first-order valence-electron chi connectivity index (χ1n) is 12.8. The molecule has 0 bridgehead atoms. The van der Waals surface area contributed by atoms with Gasteiger partial charge in [-0.3, -0.25) is 9.80 Å². The van der Waals surface area contributed by atoms with Crippen molar-refractivity contribution >= 4 is 6.08 Å². The van der Waals surface area contributed by atoms with E-state index in [2.05, 4.69) is 106 Å². The van der Waals surface area contributed by atoms with Gasteiger partial charge in [-0.15, -0.1) is 5.10 Å². The van der Waals surface area contributed by atoms with Crippen LogP contribution < -0.4 is 4.74 Å². The molecule has 1 aliphatic heterocycles. The molecule has 1 fully saturated rings. The summed E-state index contributed by atoms with van der Waals surface area (Å²) < 4.78 is 7.71. The van der Waals surface area contributed by atoms with Gasteiger partial charge in [-0.2, -0.15) is 4.68 Å². The zero-order valence-corrected chi connectivity index (χ0v) is 21.8. The van der Waals surface area contributed by atoms with Gasteiger partial charge in [0.15, 0.2) is 5.82 Å². The zero-order valence-electron chi connectivity index (χ0n) is 21.8. The Hall–Kier alpha value is -3.81. The lowest BCUT2D eigenvalue weighted by Crippen LogP contribution is -2.48. The molecule has 1 atom stereocenters. The molecular weight excluding hydrogens is 460 g/mol. The molecule has 0 aliphatic carbocycles. The second-order valence-corrected chi connectivity index (χ2v) is 9.48. The summed E-state index contributed by atoms with van der Waals surface area (Å²) in [5.74, 6) is 1.65. The molecule has 7 heteroatoms. The maximum absolute atomic E-state index is 5.80. The Morgan fingerprint density at radius 2 is 1.57 bits per heavy atom. The Balaban J connectivity index is 1.42. The van der Waals surface area contributed by atoms with E-state index in [1.165, 1.54) is 5.56 Å². The van der Waals surface area contributed by atoms with E-state index < -0.39 is 0 Å². The van der Waals surface area contributed by atoms with Crippen LogP contribution in [0.4, 0.5) is 0 Å². The summed E-state index contributed by atoms with van der Waals surface area (Å²) in [6, 6.07) is 24.8. The van der Waals surface area contributed by atoms with E-state index in [1.807, 2.05) is 22.9 Å². The van der Waals surface area contributed by atoms with Crippen LogP contribution in [-0.2, 0) is 0 Å². The number of piperazine rings is 1. The molecule has 0 spiro atoms. The van der Waals surface area contributed by atoms with Gasteiger partial charge in [0.25, 0.3) is 0 Å². The molecule has 190 valence electrons. The lowest BCUT2D eigenvalue weighted by molar-refractivity contribution is 0.112. The van der Waals surface area contributed by atoms with E-state index in [0.29, 0.717) is 0 Å². The molecule has 37 heavy (non-hydrogen) atoms. The van der Waals surface area contributed by atoms with Crippen LogP contribution in [-0.4, -0.2) is 69.8 Å². The van der Waals surface area contributed by atoms with Gasteiger partial charge in [0.2, 0.25) is 0 Å². The first kappa shape index (κ1) is 24.9. The molecule has 5 rings (SSSR count). The quantitative estimate of drug-likeness (QED) is 0.354. The molecule has 0 saturated carbocycles. The van der Waals surface area contributed by atoms with Crippen LogP contribution in [0.5, 0.6) is 5.75 Å². The van der Waals surface area contributed by atoms with Crippen LogP contribution in [0.1, 0.15) is 34.1 Å². The molecule has 4 aromatic rings. The van der Waals surface area contributed by atoms with E-state index in [-0.39, 0.29) is 6.04 Å². The minimum absolute atomic E-state index is 0.132. The van der Waals surface area contributed by atoms with Gasteiger partial charge < -0.3 is 4.74 Å². The monoisotopic (exact) mass is 494 g/mol. The average Bonchev–Trinajstić information content (AvgIpc) is 3.39. The first-order chi connectivity index (χ1) is 18.2. The van der Waals surface area contributed by atoms with E-state index in [9.17, 15) is 0 Å². The predicted molar refractivity (Wildman–Crippen MR) is 147 cm³/mol. The molecule has 1 aliphatic rings. The standard InChI is InChI=1S/C30H34N6O/c1-23-11-9-12-24(2)28(23)36-30(31-32-33-36)29(26-16-7-8-17-27(26)37-3)35-21-19-34(20-22-35)18-10-15-25-13-5-4-6-14-25/h4-17,29H,18-22H2,1-3H3/t29-/m0/s1. The fourth-order valence-corrected chi connectivity index (χ4v) is 5.16. The summed E-state index contributed by atoms with van der Waals surface area (Å²) in [5.41, 5.74) is 5.62. The smallest absolute Gasteiger partial charge is 0.178 e. The maximum atomic E-state index is 5.80. The summed E-state index contributed by atoms with van der Waals surface area (Å²) in [4.78, 5) is 4.97.